The highest BCUT2D eigenvalue weighted by atomic mass is 32.1. The largest absolute Gasteiger partial charge is 0.491 e. The second kappa shape index (κ2) is 7.83. The smallest absolute Gasteiger partial charge is 0.251 e. The molecule has 0 saturated heterocycles. The summed E-state index contributed by atoms with van der Waals surface area (Å²) in [7, 11) is 0. The van der Waals surface area contributed by atoms with Crippen LogP contribution in [0.1, 0.15) is 17.0 Å². The van der Waals surface area contributed by atoms with Crippen molar-refractivity contribution < 1.29 is 13.9 Å². The first-order valence-corrected chi connectivity index (χ1v) is 8.51. The number of hydrogen-bond donors (Lipinski definition) is 3. The number of thiophene rings is 1. The number of hydrogen-bond acceptors (Lipinski definition) is 6. The van der Waals surface area contributed by atoms with Crippen LogP contribution in [0.4, 0.5) is 8.78 Å². The fraction of sp³-hybridized carbons (Fsp3) is 0.0556. The molecule has 0 amide bonds. The number of benzene rings is 1. The Bertz CT molecular complexity index is 958. The number of rotatable bonds is 6. The molecule has 0 fully saturated rings. The molecule has 5 nitrogen and oxygen atoms in total. The topological polar surface area (TPSA) is 81.9 Å². The minimum absolute atomic E-state index is 0.121. The van der Waals surface area contributed by atoms with E-state index in [9.17, 15) is 13.9 Å². The van der Waals surface area contributed by atoms with E-state index in [1.54, 1.807) is 18.2 Å². The summed E-state index contributed by atoms with van der Waals surface area (Å²) in [5.74, 6) is -2.22. The van der Waals surface area contributed by atoms with E-state index in [1.807, 2.05) is 16.8 Å². The molecule has 0 atom stereocenters. The molecule has 1 aromatic carbocycles. The first-order chi connectivity index (χ1) is 12.5. The van der Waals surface area contributed by atoms with Crippen LogP contribution in [0, 0.1) is 17.0 Å². The van der Waals surface area contributed by atoms with E-state index in [1.165, 1.54) is 23.5 Å². The molecule has 0 spiro atoms. The number of nitrogens with one attached hydrogen (secondary N) is 2. The van der Waals surface area contributed by atoms with E-state index < -0.39 is 11.7 Å². The fourth-order valence-electron chi connectivity index (χ4n) is 2.18. The van der Waals surface area contributed by atoms with Gasteiger partial charge in [-0.2, -0.15) is 20.7 Å². The van der Waals surface area contributed by atoms with E-state index in [-0.39, 0.29) is 23.9 Å². The Morgan fingerprint density at radius 2 is 2.04 bits per heavy atom. The van der Waals surface area contributed by atoms with Gasteiger partial charge in [-0.1, -0.05) is 18.2 Å². The van der Waals surface area contributed by atoms with Crippen LogP contribution < -0.4 is 5.32 Å². The third-order valence-corrected chi connectivity index (χ3v) is 4.20. The van der Waals surface area contributed by atoms with Crippen LogP contribution in [-0.4, -0.2) is 20.8 Å². The van der Waals surface area contributed by atoms with Crippen molar-refractivity contribution in [3.63, 3.8) is 0 Å². The molecule has 8 heteroatoms. The van der Waals surface area contributed by atoms with Crippen LogP contribution in [0.25, 0.3) is 5.70 Å². The monoisotopic (exact) mass is 372 g/mol. The summed E-state index contributed by atoms with van der Waals surface area (Å²) in [6, 6.07) is 8.25. The predicted molar refractivity (Wildman–Crippen MR) is 96.0 cm³/mol. The first kappa shape index (κ1) is 17.7. The predicted octanol–water partition coefficient (Wildman–Crippen LogP) is 3.72. The zero-order valence-electron chi connectivity index (χ0n) is 13.4. The highest BCUT2D eigenvalue weighted by Gasteiger charge is 2.11. The molecule has 0 aliphatic rings. The average molecular weight is 372 g/mol. The molecular formula is C18H14F2N4OS. The summed E-state index contributed by atoms with van der Waals surface area (Å²) >= 11 is 1.47. The lowest BCUT2D eigenvalue weighted by Gasteiger charge is -2.11. The van der Waals surface area contributed by atoms with Crippen molar-refractivity contribution in [2.45, 2.75) is 6.54 Å². The Labute approximate surface area is 152 Å². The van der Waals surface area contributed by atoms with Crippen molar-refractivity contribution >= 4 is 22.7 Å². The van der Waals surface area contributed by atoms with E-state index in [2.05, 4.69) is 15.3 Å². The molecule has 0 aliphatic carbocycles. The van der Waals surface area contributed by atoms with Gasteiger partial charge in [-0.15, -0.1) is 0 Å². The highest BCUT2D eigenvalue weighted by Crippen LogP contribution is 2.18. The normalized spacial score (nSPS) is 11.4. The molecule has 3 aromatic rings. The van der Waals surface area contributed by atoms with Crippen LogP contribution in [0.3, 0.4) is 0 Å². The lowest BCUT2D eigenvalue weighted by molar-refractivity contribution is 0.407. The van der Waals surface area contributed by atoms with E-state index in [0.29, 0.717) is 11.3 Å². The molecule has 0 aliphatic heterocycles. The maximum Gasteiger partial charge on any atom is 0.251 e. The van der Waals surface area contributed by atoms with E-state index in [4.69, 9.17) is 5.41 Å². The Morgan fingerprint density at radius 3 is 2.73 bits per heavy atom. The van der Waals surface area contributed by atoms with Gasteiger partial charge in [0.15, 0.2) is 5.82 Å². The van der Waals surface area contributed by atoms with Gasteiger partial charge in [0.05, 0.1) is 6.20 Å². The van der Waals surface area contributed by atoms with Crippen molar-refractivity contribution in [3.8, 4) is 5.88 Å². The average Bonchev–Trinajstić information content (AvgIpc) is 3.16. The van der Waals surface area contributed by atoms with Crippen molar-refractivity contribution in [2.24, 2.45) is 0 Å². The zero-order valence-corrected chi connectivity index (χ0v) is 14.2. The molecule has 3 N–H and O–H groups in total. The minimum atomic E-state index is -0.957. The Hall–Kier alpha value is -3.13. The SMILES string of the molecule is N=C(/C=C(\NCc1ccccc1F)c1ccsc1)c1ncc(F)c(O)n1. The van der Waals surface area contributed by atoms with Crippen LogP contribution in [0.2, 0.25) is 0 Å². The molecule has 0 radical (unpaired) electrons. The molecule has 0 bridgehead atoms. The fourth-order valence-corrected chi connectivity index (χ4v) is 2.84. The van der Waals surface area contributed by atoms with Crippen molar-refractivity contribution in [1.29, 1.82) is 5.41 Å². The summed E-state index contributed by atoms with van der Waals surface area (Å²) in [5, 5.41) is 24.3. The summed E-state index contributed by atoms with van der Waals surface area (Å²) in [4.78, 5) is 7.26. The Kier molecular flexibility index (Phi) is 5.33. The highest BCUT2D eigenvalue weighted by molar-refractivity contribution is 7.08. The lowest BCUT2D eigenvalue weighted by Crippen LogP contribution is -2.15. The number of aromatic hydroxyl groups is 1. The molecular weight excluding hydrogens is 358 g/mol. The molecule has 0 unspecified atom stereocenters. The van der Waals surface area contributed by atoms with Crippen LogP contribution in [0.5, 0.6) is 5.88 Å². The van der Waals surface area contributed by atoms with E-state index >= 15 is 0 Å². The summed E-state index contributed by atoms with van der Waals surface area (Å²) in [5.41, 5.74) is 1.73. The number of halogens is 2. The van der Waals surface area contributed by atoms with E-state index in [0.717, 1.165) is 11.8 Å². The summed E-state index contributed by atoms with van der Waals surface area (Å²) in [6.45, 7) is 0.219. The second-order valence-electron chi connectivity index (χ2n) is 5.29. The molecule has 26 heavy (non-hydrogen) atoms. The van der Waals surface area contributed by atoms with Gasteiger partial charge in [0.1, 0.15) is 11.5 Å². The number of nitrogens with zero attached hydrogens (tertiary/aromatic N) is 2. The summed E-state index contributed by atoms with van der Waals surface area (Å²) in [6.07, 6.45) is 2.26. The molecule has 132 valence electrons. The van der Waals surface area contributed by atoms with Gasteiger partial charge in [0.25, 0.3) is 5.88 Å². The Morgan fingerprint density at radius 1 is 1.23 bits per heavy atom. The molecule has 3 rings (SSSR count). The van der Waals surface area contributed by atoms with Crippen molar-refractivity contribution in [3.05, 3.63) is 82.0 Å². The van der Waals surface area contributed by atoms with Crippen molar-refractivity contribution in [1.82, 2.24) is 15.3 Å². The molecule has 2 aromatic heterocycles. The van der Waals surface area contributed by atoms with Crippen LogP contribution in [-0.2, 0) is 6.54 Å². The minimum Gasteiger partial charge on any atom is -0.491 e. The van der Waals surface area contributed by atoms with Gasteiger partial charge in [0.2, 0.25) is 5.82 Å². The lowest BCUT2D eigenvalue weighted by atomic mass is 10.1. The molecule has 2 heterocycles. The second-order valence-corrected chi connectivity index (χ2v) is 6.07. The van der Waals surface area contributed by atoms with Crippen molar-refractivity contribution in [2.75, 3.05) is 0 Å². The maximum absolute atomic E-state index is 13.8. The standard InChI is InChI=1S/C18H14F2N4OS/c19-13-4-2-1-3-11(13)8-22-16(12-5-6-26-10-12)7-15(21)17-23-9-14(20)18(25)24-17/h1-7,9-10,21-22H,8H2,(H,23,24,25)/b16-7-,21-15?. The quantitative estimate of drug-likeness (QED) is 0.576. The van der Waals surface area contributed by atoms with Crippen LogP contribution >= 0.6 is 11.3 Å². The zero-order chi connectivity index (χ0) is 18.5. The maximum atomic E-state index is 13.8. The van der Waals surface area contributed by atoms with Crippen LogP contribution in [0.15, 0.2) is 53.4 Å². The van der Waals surface area contributed by atoms with Gasteiger partial charge in [-0.25, -0.2) is 9.37 Å². The van der Waals surface area contributed by atoms with Gasteiger partial charge in [0, 0.05) is 28.7 Å². The number of allylic oxidation sites excluding steroid dienone is 1. The van der Waals surface area contributed by atoms with Gasteiger partial charge >= 0.3 is 0 Å². The molecule has 0 saturated carbocycles. The summed E-state index contributed by atoms with van der Waals surface area (Å²) < 4.78 is 26.9. The van der Waals surface area contributed by atoms with Gasteiger partial charge in [-0.05, 0) is 23.6 Å². The third kappa shape index (κ3) is 4.09. The van der Waals surface area contributed by atoms with Gasteiger partial charge in [-0.3, -0.25) is 5.41 Å². The number of aromatic nitrogens is 2. The Balaban J connectivity index is 1.86. The first-order valence-electron chi connectivity index (χ1n) is 7.56. The van der Waals surface area contributed by atoms with Gasteiger partial charge < -0.3 is 10.4 Å². The third-order valence-electron chi connectivity index (χ3n) is 3.51.